The molecule has 0 saturated carbocycles. The first-order chi connectivity index (χ1) is 7.89. The van der Waals surface area contributed by atoms with Crippen molar-refractivity contribution in [2.45, 2.75) is 18.1 Å². The summed E-state index contributed by atoms with van der Waals surface area (Å²) in [4.78, 5) is 3.80. The van der Waals surface area contributed by atoms with Gasteiger partial charge in [0, 0.05) is 11.5 Å². The molecule has 0 aliphatic heterocycles. The molecule has 0 N–H and O–H groups in total. The lowest BCUT2D eigenvalue weighted by atomic mass is 10.2. The number of rotatable bonds is 3. The summed E-state index contributed by atoms with van der Waals surface area (Å²) in [6.07, 6.45) is -3.60. The second kappa shape index (κ2) is 5.86. The van der Waals surface area contributed by atoms with Crippen LogP contribution in [0.4, 0.5) is 13.2 Å². The van der Waals surface area contributed by atoms with Crippen molar-refractivity contribution in [2.75, 3.05) is 0 Å². The van der Waals surface area contributed by atoms with Gasteiger partial charge >= 0.3 is 6.36 Å². The van der Waals surface area contributed by atoms with E-state index in [-0.39, 0.29) is 12.1 Å². The number of hydrogen-bond donors (Lipinski definition) is 0. The van der Waals surface area contributed by atoms with E-state index in [9.17, 15) is 13.2 Å². The molecule has 1 aromatic rings. The van der Waals surface area contributed by atoms with Crippen LogP contribution in [0.25, 0.3) is 0 Å². The molecule has 1 rings (SSSR count). The molecule has 0 aliphatic rings. The number of hydrogen-bond acceptors (Lipinski definition) is 3. The van der Waals surface area contributed by atoms with Crippen LogP contribution in [0.5, 0.6) is 5.75 Å². The highest BCUT2D eigenvalue weighted by atomic mass is 127. The summed E-state index contributed by atoms with van der Waals surface area (Å²) in [6, 6.07) is 1.75. The Bertz CT molecular complexity index is 459. The van der Waals surface area contributed by atoms with Crippen LogP contribution < -0.4 is 4.74 Å². The molecule has 1 heterocycles. The monoisotopic (exact) mass is 420 g/mol. The Morgan fingerprint density at radius 1 is 1.53 bits per heavy atom. The van der Waals surface area contributed by atoms with Crippen LogP contribution in [0.2, 0.25) is 0 Å². The van der Waals surface area contributed by atoms with Crippen LogP contribution >= 0.6 is 38.5 Å². The Morgan fingerprint density at radius 3 is 2.65 bits per heavy atom. The molecule has 17 heavy (non-hydrogen) atoms. The molecule has 8 heteroatoms. The smallest absolute Gasteiger partial charge is 0.403 e. The van der Waals surface area contributed by atoms with Gasteiger partial charge in [0.05, 0.1) is 21.8 Å². The highest BCUT2D eigenvalue weighted by Gasteiger charge is 2.33. The zero-order valence-electron chi connectivity index (χ0n) is 8.18. The molecule has 0 fully saturated rings. The summed E-state index contributed by atoms with van der Waals surface area (Å²) in [5.74, 6) is -0.392. The summed E-state index contributed by atoms with van der Waals surface area (Å²) in [6.45, 7) is 0. The zero-order valence-corrected chi connectivity index (χ0v) is 11.9. The summed E-state index contributed by atoms with van der Waals surface area (Å²) in [7, 11) is 0. The third kappa shape index (κ3) is 3.99. The Morgan fingerprint density at radius 2 is 2.18 bits per heavy atom. The predicted octanol–water partition coefficient (Wildman–Crippen LogP) is 3.55. The van der Waals surface area contributed by atoms with Crippen LogP contribution in [-0.4, -0.2) is 11.3 Å². The molecule has 0 aliphatic carbocycles. The van der Waals surface area contributed by atoms with Crippen molar-refractivity contribution < 1.29 is 17.9 Å². The normalized spacial score (nSPS) is 11.1. The first-order valence-corrected chi connectivity index (χ1v) is 6.44. The Labute approximate surface area is 117 Å². The van der Waals surface area contributed by atoms with E-state index in [0.29, 0.717) is 14.5 Å². The molecule has 92 valence electrons. The van der Waals surface area contributed by atoms with Crippen LogP contribution in [-0.2, 0) is 11.8 Å². The zero-order chi connectivity index (χ0) is 13.1. The highest BCUT2D eigenvalue weighted by molar-refractivity contribution is 14.1. The molecule has 0 amide bonds. The van der Waals surface area contributed by atoms with Crippen molar-refractivity contribution >= 4 is 38.5 Å². The van der Waals surface area contributed by atoms with Gasteiger partial charge in [0.1, 0.15) is 0 Å². The molecule has 0 spiro atoms. The van der Waals surface area contributed by atoms with E-state index in [4.69, 9.17) is 5.26 Å². The van der Waals surface area contributed by atoms with Crippen molar-refractivity contribution in [1.82, 2.24) is 4.98 Å². The van der Waals surface area contributed by atoms with E-state index in [2.05, 4.69) is 25.7 Å². The predicted molar refractivity (Wildman–Crippen MR) is 65.6 cm³/mol. The average Bonchev–Trinajstić information content (AvgIpc) is 2.22. The van der Waals surface area contributed by atoms with Gasteiger partial charge in [-0.15, -0.1) is 13.2 Å². The highest BCUT2D eigenvalue weighted by Crippen LogP contribution is 2.33. The van der Waals surface area contributed by atoms with Crippen molar-refractivity contribution in [1.29, 1.82) is 5.26 Å². The minimum atomic E-state index is -4.79. The second-order valence-electron chi connectivity index (χ2n) is 2.89. The van der Waals surface area contributed by atoms with Crippen molar-refractivity contribution in [3.05, 3.63) is 21.0 Å². The minimum absolute atomic E-state index is 0.0149. The number of alkyl halides is 4. The Kier molecular flexibility index (Phi) is 5.00. The Hall–Kier alpha value is -0.560. The summed E-state index contributed by atoms with van der Waals surface area (Å²) < 4.78 is 40.9. The molecule has 1 aromatic heterocycles. The Balaban J connectivity index is 3.25. The molecule has 3 nitrogen and oxygen atoms in total. The fourth-order valence-electron chi connectivity index (χ4n) is 1.06. The lowest BCUT2D eigenvalue weighted by Gasteiger charge is -2.14. The molecule has 0 bridgehead atoms. The van der Waals surface area contributed by atoms with Gasteiger partial charge < -0.3 is 4.74 Å². The fraction of sp³-hybridized carbons (Fsp3) is 0.333. The maximum atomic E-state index is 12.2. The van der Waals surface area contributed by atoms with Crippen LogP contribution in [0.1, 0.15) is 11.3 Å². The maximum Gasteiger partial charge on any atom is 0.573 e. The third-order valence-corrected chi connectivity index (χ3v) is 3.51. The van der Waals surface area contributed by atoms with Gasteiger partial charge in [-0.1, -0.05) is 15.9 Å². The molecule has 0 radical (unpaired) electrons. The molecular formula is C9H5BrF3IN2O. The molecule has 0 saturated heterocycles. The van der Waals surface area contributed by atoms with Crippen molar-refractivity contribution in [3.8, 4) is 11.8 Å². The van der Waals surface area contributed by atoms with Gasteiger partial charge in [-0.25, -0.2) is 0 Å². The minimum Gasteiger partial charge on any atom is -0.403 e. The third-order valence-electron chi connectivity index (χ3n) is 1.73. The lowest BCUT2D eigenvalue weighted by molar-refractivity contribution is -0.275. The first kappa shape index (κ1) is 14.5. The fourth-order valence-corrected chi connectivity index (χ4v) is 2.76. The van der Waals surface area contributed by atoms with Gasteiger partial charge in [0.15, 0.2) is 5.75 Å². The number of ether oxygens (including phenoxy) is 1. The first-order valence-electron chi connectivity index (χ1n) is 4.24. The quantitative estimate of drug-likeness (QED) is 0.555. The van der Waals surface area contributed by atoms with Crippen LogP contribution in [0.15, 0.2) is 6.20 Å². The number of nitriles is 1. The van der Waals surface area contributed by atoms with E-state index in [1.54, 1.807) is 28.7 Å². The van der Waals surface area contributed by atoms with Crippen molar-refractivity contribution in [2.24, 2.45) is 0 Å². The van der Waals surface area contributed by atoms with Gasteiger partial charge in [0.2, 0.25) is 0 Å². The standard InChI is InChI=1S/C9H5BrF3IN2O/c10-3-5-4-16-6(1-2-15)8(7(5)14)17-9(11,12)13/h4H,1,3H2. The summed E-state index contributed by atoms with van der Waals surface area (Å²) in [5.41, 5.74) is 0.561. The van der Waals surface area contributed by atoms with E-state index >= 15 is 0 Å². The van der Waals surface area contributed by atoms with E-state index in [1.807, 2.05) is 0 Å². The largest absolute Gasteiger partial charge is 0.573 e. The molecule has 0 unspecified atom stereocenters. The van der Waals surface area contributed by atoms with E-state index < -0.39 is 12.1 Å². The van der Waals surface area contributed by atoms with Gasteiger partial charge in [0.25, 0.3) is 0 Å². The molecular weight excluding hydrogens is 416 g/mol. The van der Waals surface area contributed by atoms with Gasteiger partial charge in [-0.2, -0.15) is 5.26 Å². The average molecular weight is 421 g/mol. The number of halogens is 5. The maximum absolute atomic E-state index is 12.2. The molecule has 0 atom stereocenters. The number of pyridine rings is 1. The summed E-state index contributed by atoms with van der Waals surface area (Å²) in [5, 5.41) is 8.88. The van der Waals surface area contributed by atoms with E-state index in [1.165, 1.54) is 6.20 Å². The van der Waals surface area contributed by atoms with E-state index in [0.717, 1.165) is 0 Å². The second-order valence-corrected chi connectivity index (χ2v) is 4.53. The number of aromatic nitrogens is 1. The van der Waals surface area contributed by atoms with Gasteiger partial charge in [-0.3, -0.25) is 4.98 Å². The van der Waals surface area contributed by atoms with Crippen LogP contribution in [0.3, 0.4) is 0 Å². The topological polar surface area (TPSA) is 45.9 Å². The van der Waals surface area contributed by atoms with Gasteiger partial charge in [-0.05, 0) is 28.2 Å². The lowest BCUT2D eigenvalue weighted by Crippen LogP contribution is -2.19. The van der Waals surface area contributed by atoms with Crippen molar-refractivity contribution in [3.63, 3.8) is 0 Å². The SMILES string of the molecule is N#CCc1ncc(CBr)c(I)c1OC(F)(F)F. The summed E-state index contributed by atoms with van der Waals surface area (Å²) >= 11 is 4.88. The van der Waals surface area contributed by atoms with Crippen LogP contribution in [0, 0.1) is 14.9 Å². The molecule has 0 aromatic carbocycles. The number of nitrogens with zero attached hydrogens (tertiary/aromatic N) is 2.